The van der Waals surface area contributed by atoms with Crippen molar-refractivity contribution < 1.29 is 9.53 Å². The first-order valence-electron chi connectivity index (χ1n) is 11.1. The lowest BCUT2D eigenvalue weighted by molar-refractivity contribution is 0.0954. The van der Waals surface area contributed by atoms with Crippen LogP contribution in [0.15, 0.2) is 75.4 Å². The van der Waals surface area contributed by atoms with Crippen molar-refractivity contribution in [1.82, 2.24) is 5.32 Å². The zero-order valence-corrected chi connectivity index (χ0v) is 19.6. The molecule has 4 rings (SSSR count). The first kappa shape index (κ1) is 22.2. The lowest BCUT2D eigenvalue weighted by Crippen LogP contribution is -2.25. The van der Waals surface area contributed by atoms with E-state index in [1.165, 1.54) is 16.0 Å². The predicted molar refractivity (Wildman–Crippen MR) is 132 cm³/mol. The Kier molecular flexibility index (Phi) is 6.96. The van der Waals surface area contributed by atoms with Crippen LogP contribution < -0.4 is 10.1 Å². The minimum Gasteiger partial charge on any atom is -0.494 e. The Morgan fingerprint density at radius 2 is 1.78 bits per heavy atom. The first-order valence-corrected chi connectivity index (χ1v) is 11.9. The Balaban J connectivity index is 1.46. The van der Waals surface area contributed by atoms with Crippen LogP contribution in [0.5, 0.6) is 5.75 Å². The van der Waals surface area contributed by atoms with Gasteiger partial charge in [0.15, 0.2) is 0 Å². The Hall–Kier alpha value is -3.05. The molecule has 0 aliphatic carbocycles. The number of rotatable bonds is 7. The average molecular weight is 445 g/mol. The van der Waals surface area contributed by atoms with Crippen LogP contribution in [0.1, 0.15) is 47.3 Å². The normalized spacial score (nSPS) is 12.3. The average Bonchev–Trinajstić information content (AvgIpc) is 2.96. The van der Waals surface area contributed by atoms with Crippen LogP contribution in [-0.4, -0.2) is 24.8 Å². The van der Waals surface area contributed by atoms with Gasteiger partial charge in [0.2, 0.25) is 0 Å². The van der Waals surface area contributed by atoms with Crippen molar-refractivity contribution in [1.29, 1.82) is 0 Å². The van der Waals surface area contributed by atoms with Crippen LogP contribution in [-0.2, 0) is 6.42 Å². The number of amides is 1. The number of nitrogens with zero attached hydrogens (tertiary/aromatic N) is 1. The van der Waals surface area contributed by atoms with Crippen LogP contribution in [0.25, 0.3) is 0 Å². The Bertz CT molecular complexity index is 1150. The molecule has 0 bridgehead atoms. The molecular weight excluding hydrogens is 416 g/mol. The van der Waals surface area contributed by atoms with Crippen molar-refractivity contribution >= 4 is 29.1 Å². The van der Waals surface area contributed by atoms with Gasteiger partial charge >= 0.3 is 0 Å². The molecule has 0 atom stereocenters. The second-order valence-electron chi connectivity index (χ2n) is 7.78. The maximum absolute atomic E-state index is 12.8. The van der Waals surface area contributed by atoms with E-state index in [2.05, 4.69) is 37.4 Å². The van der Waals surface area contributed by atoms with E-state index >= 15 is 0 Å². The molecule has 164 valence electrons. The van der Waals surface area contributed by atoms with Crippen molar-refractivity contribution in [2.75, 3.05) is 13.2 Å². The zero-order chi connectivity index (χ0) is 22.5. The Labute approximate surface area is 194 Å². The molecule has 0 fully saturated rings. The summed E-state index contributed by atoms with van der Waals surface area (Å²) in [5.41, 5.74) is 6.14. The maximum Gasteiger partial charge on any atom is 0.251 e. The second kappa shape index (κ2) is 10.0. The number of aryl methyl sites for hydroxylation is 1. The molecule has 3 aromatic rings. The van der Waals surface area contributed by atoms with Crippen LogP contribution >= 0.6 is 11.8 Å². The van der Waals surface area contributed by atoms with E-state index in [1.807, 2.05) is 49.4 Å². The number of hydrogen-bond acceptors (Lipinski definition) is 4. The number of aliphatic imine (C=N–C) groups is 1. The van der Waals surface area contributed by atoms with Crippen LogP contribution in [0.3, 0.4) is 0 Å². The number of fused-ring (bicyclic) bond motifs is 2. The molecule has 1 aliphatic rings. The molecule has 0 unspecified atom stereocenters. The van der Waals surface area contributed by atoms with Gasteiger partial charge < -0.3 is 10.1 Å². The smallest absolute Gasteiger partial charge is 0.251 e. The molecule has 0 spiro atoms. The van der Waals surface area contributed by atoms with Gasteiger partial charge in [-0.1, -0.05) is 42.4 Å². The standard InChI is InChI=1S/C27H28N2O2S/c1-4-23-22-16-18(3)6-12-25(22)32-26-13-9-20(17-24(26)29-23)27(30)28-15-14-19-7-10-21(11-8-19)31-5-2/h6-13,16-17H,4-5,14-15H2,1-3H3,(H,28,30). The summed E-state index contributed by atoms with van der Waals surface area (Å²) in [7, 11) is 0. The summed E-state index contributed by atoms with van der Waals surface area (Å²) in [4.78, 5) is 20.0. The third-order valence-electron chi connectivity index (χ3n) is 5.41. The number of ether oxygens (including phenoxy) is 1. The van der Waals surface area contributed by atoms with Gasteiger partial charge in [-0.05, 0) is 74.7 Å². The van der Waals surface area contributed by atoms with E-state index < -0.39 is 0 Å². The SMILES string of the molecule is CCOc1ccc(CCNC(=O)c2ccc3c(c2)N=C(CC)c2cc(C)ccc2S3)cc1. The van der Waals surface area contributed by atoms with Gasteiger partial charge in [0.1, 0.15) is 5.75 Å². The Morgan fingerprint density at radius 1 is 1.00 bits per heavy atom. The van der Waals surface area contributed by atoms with Crippen molar-refractivity contribution in [3.63, 3.8) is 0 Å². The summed E-state index contributed by atoms with van der Waals surface area (Å²) in [6, 6.07) is 20.3. The van der Waals surface area contributed by atoms with E-state index in [0.29, 0.717) is 18.7 Å². The molecule has 0 saturated carbocycles. The van der Waals surface area contributed by atoms with Crippen molar-refractivity contribution in [3.8, 4) is 5.75 Å². The third kappa shape index (κ3) is 5.05. The molecular formula is C27H28N2O2S. The highest BCUT2D eigenvalue weighted by Gasteiger charge is 2.18. The fourth-order valence-corrected chi connectivity index (χ4v) is 4.73. The fraction of sp³-hybridized carbons (Fsp3) is 0.259. The molecule has 0 aromatic heterocycles. The number of benzene rings is 3. The summed E-state index contributed by atoms with van der Waals surface area (Å²) >= 11 is 1.71. The van der Waals surface area contributed by atoms with Gasteiger partial charge in [0.05, 0.1) is 12.3 Å². The molecule has 4 nitrogen and oxygen atoms in total. The maximum atomic E-state index is 12.8. The zero-order valence-electron chi connectivity index (χ0n) is 18.8. The van der Waals surface area contributed by atoms with Crippen LogP contribution in [0, 0.1) is 6.92 Å². The summed E-state index contributed by atoms with van der Waals surface area (Å²) in [6.45, 7) is 7.43. The molecule has 3 aromatic carbocycles. The quantitative estimate of drug-likeness (QED) is 0.461. The molecule has 1 aliphatic heterocycles. The largest absolute Gasteiger partial charge is 0.494 e. The molecule has 1 N–H and O–H groups in total. The molecule has 0 saturated heterocycles. The number of nitrogens with one attached hydrogen (secondary N) is 1. The minimum absolute atomic E-state index is 0.0745. The van der Waals surface area contributed by atoms with E-state index in [1.54, 1.807) is 11.8 Å². The number of carbonyl (C=O) groups is 1. The predicted octanol–water partition coefficient (Wildman–Crippen LogP) is 6.36. The third-order valence-corrected chi connectivity index (χ3v) is 6.55. The van der Waals surface area contributed by atoms with Crippen molar-refractivity contribution in [2.45, 2.75) is 43.4 Å². The topological polar surface area (TPSA) is 50.7 Å². The van der Waals surface area contributed by atoms with E-state index in [4.69, 9.17) is 9.73 Å². The minimum atomic E-state index is -0.0745. The first-order chi connectivity index (χ1) is 15.6. The Morgan fingerprint density at radius 3 is 2.53 bits per heavy atom. The summed E-state index contributed by atoms with van der Waals surface area (Å²) in [5, 5.41) is 3.03. The van der Waals surface area contributed by atoms with Crippen molar-refractivity contribution in [2.24, 2.45) is 4.99 Å². The lowest BCUT2D eigenvalue weighted by atomic mass is 10.0. The van der Waals surface area contributed by atoms with Gasteiger partial charge in [-0.25, -0.2) is 0 Å². The summed E-state index contributed by atoms with van der Waals surface area (Å²) in [6.07, 6.45) is 1.61. The van der Waals surface area contributed by atoms with Gasteiger partial charge in [-0.3, -0.25) is 9.79 Å². The highest BCUT2D eigenvalue weighted by molar-refractivity contribution is 7.99. The monoisotopic (exact) mass is 444 g/mol. The summed E-state index contributed by atoms with van der Waals surface area (Å²) in [5.74, 6) is 0.794. The highest BCUT2D eigenvalue weighted by Crippen LogP contribution is 2.41. The molecule has 1 heterocycles. The van der Waals surface area contributed by atoms with Gasteiger partial charge in [0, 0.05) is 33.2 Å². The number of carbonyl (C=O) groups excluding carboxylic acids is 1. The number of hydrogen-bond donors (Lipinski definition) is 1. The molecule has 0 radical (unpaired) electrons. The van der Waals surface area contributed by atoms with Crippen LogP contribution in [0.4, 0.5) is 5.69 Å². The second-order valence-corrected chi connectivity index (χ2v) is 8.86. The van der Waals surface area contributed by atoms with E-state index in [-0.39, 0.29) is 5.91 Å². The summed E-state index contributed by atoms with van der Waals surface area (Å²) < 4.78 is 5.48. The van der Waals surface area contributed by atoms with Crippen molar-refractivity contribution in [3.05, 3.63) is 82.9 Å². The van der Waals surface area contributed by atoms with Gasteiger partial charge in [-0.15, -0.1) is 0 Å². The van der Waals surface area contributed by atoms with Gasteiger partial charge in [0.25, 0.3) is 5.91 Å². The fourth-order valence-electron chi connectivity index (χ4n) is 3.73. The molecule has 1 amide bonds. The highest BCUT2D eigenvalue weighted by atomic mass is 32.2. The van der Waals surface area contributed by atoms with E-state index in [9.17, 15) is 4.79 Å². The van der Waals surface area contributed by atoms with E-state index in [0.717, 1.165) is 40.4 Å². The lowest BCUT2D eigenvalue weighted by Gasteiger charge is -2.09. The molecule has 32 heavy (non-hydrogen) atoms. The van der Waals surface area contributed by atoms with Crippen LogP contribution in [0.2, 0.25) is 0 Å². The molecule has 5 heteroatoms. The van der Waals surface area contributed by atoms with Gasteiger partial charge in [-0.2, -0.15) is 0 Å².